The molecule has 2 aliphatic heterocycles. The van der Waals surface area contributed by atoms with Crippen LogP contribution in [0.25, 0.3) is 0 Å². The molecule has 1 amide bonds. The van der Waals surface area contributed by atoms with Crippen LogP contribution in [0.1, 0.15) is 30.9 Å². The van der Waals surface area contributed by atoms with Gasteiger partial charge in [-0.15, -0.1) is 0 Å². The Bertz CT molecular complexity index is 713. The fourth-order valence-electron chi connectivity index (χ4n) is 3.93. The van der Waals surface area contributed by atoms with Crippen LogP contribution in [0.3, 0.4) is 0 Å². The molecule has 2 aliphatic rings. The van der Waals surface area contributed by atoms with E-state index < -0.39 is 0 Å². The van der Waals surface area contributed by atoms with Crippen molar-refractivity contribution in [3.8, 4) is 0 Å². The fraction of sp³-hybridized carbons (Fsp3) is 0.500. The number of anilines is 1. The Morgan fingerprint density at radius 1 is 1.21 bits per heavy atom. The number of amides is 1. The van der Waals surface area contributed by atoms with Crippen molar-refractivity contribution in [2.45, 2.75) is 31.2 Å². The minimum atomic E-state index is -0.00679. The maximum atomic E-state index is 13.0. The first kappa shape index (κ1) is 15.3. The maximum absolute atomic E-state index is 13.0. The van der Waals surface area contributed by atoms with Crippen LogP contribution in [-0.4, -0.2) is 51.2 Å². The number of carbonyl (C=O) groups excluding carboxylic acids is 1. The number of aryl methyl sites for hydroxylation is 1. The number of pyridine rings is 1. The number of hydrogen-bond donors (Lipinski definition) is 0. The molecule has 0 N–H and O–H groups in total. The number of rotatable bonds is 3. The highest BCUT2D eigenvalue weighted by Crippen LogP contribution is 2.31. The summed E-state index contributed by atoms with van der Waals surface area (Å²) in [5.74, 6) is 0.656. The van der Waals surface area contributed by atoms with Crippen molar-refractivity contribution in [1.82, 2.24) is 19.7 Å². The van der Waals surface area contributed by atoms with E-state index in [2.05, 4.69) is 21.0 Å². The van der Waals surface area contributed by atoms with Gasteiger partial charge in [0.2, 0.25) is 5.91 Å². The molecule has 24 heavy (non-hydrogen) atoms. The Labute approximate surface area is 142 Å². The van der Waals surface area contributed by atoms with E-state index in [9.17, 15) is 4.79 Å². The van der Waals surface area contributed by atoms with Crippen LogP contribution in [0.5, 0.6) is 0 Å². The maximum Gasteiger partial charge on any atom is 0.244 e. The van der Waals surface area contributed by atoms with Crippen molar-refractivity contribution >= 4 is 11.6 Å². The molecule has 4 rings (SSSR count). The summed E-state index contributed by atoms with van der Waals surface area (Å²) in [7, 11) is 1.88. The Kier molecular flexibility index (Phi) is 4.06. The minimum Gasteiger partial charge on any atom is -0.308 e. The lowest BCUT2D eigenvalue weighted by molar-refractivity contribution is -0.125. The lowest BCUT2D eigenvalue weighted by Gasteiger charge is -2.36. The summed E-state index contributed by atoms with van der Waals surface area (Å²) < 4.78 is 1.75. The van der Waals surface area contributed by atoms with Gasteiger partial charge in [-0.3, -0.25) is 19.4 Å². The van der Waals surface area contributed by atoms with Gasteiger partial charge >= 0.3 is 0 Å². The third-order valence-corrected chi connectivity index (χ3v) is 5.18. The van der Waals surface area contributed by atoms with E-state index in [-0.39, 0.29) is 11.9 Å². The predicted octanol–water partition coefficient (Wildman–Crippen LogP) is 1.80. The zero-order chi connectivity index (χ0) is 16.5. The monoisotopic (exact) mass is 325 g/mol. The normalized spacial score (nSPS) is 25.4. The molecule has 0 saturated carbocycles. The zero-order valence-electron chi connectivity index (χ0n) is 14.0. The van der Waals surface area contributed by atoms with E-state index >= 15 is 0 Å². The first-order valence-electron chi connectivity index (χ1n) is 8.67. The van der Waals surface area contributed by atoms with Crippen molar-refractivity contribution in [2.75, 3.05) is 24.5 Å². The van der Waals surface area contributed by atoms with Gasteiger partial charge in [-0.2, -0.15) is 5.10 Å². The van der Waals surface area contributed by atoms with E-state index in [1.165, 1.54) is 0 Å². The van der Waals surface area contributed by atoms with Crippen molar-refractivity contribution in [2.24, 2.45) is 7.05 Å². The lowest BCUT2D eigenvalue weighted by atomic mass is 10.0. The van der Waals surface area contributed by atoms with Gasteiger partial charge < -0.3 is 4.90 Å². The van der Waals surface area contributed by atoms with Crippen molar-refractivity contribution in [1.29, 1.82) is 0 Å². The summed E-state index contributed by atoms with van der Waals surface area (Å²) in [6.07, 6.45) is 8.62. The molecule has 126 valence electrons. The average molecular weight is 325 g/mol. The molecule has 0 bridgehead atoms. The Hall–Kier alpha value is -2.21. The summed E-state index contributed by atoms with van der Waals surface area (Å²) in [6.45, 7) is 2.69. The molecule has 0 radical (unpaired) electrons. The molecule has 6 heteroatoms. The Morgan fingerprint density at radius 3 is 2.88 bits per heavy atom. The molecule has 2 saturated heterocycles. The van der Waals surface area contributed by atoms with Gasteiger partial charge in [-0.05, 0) is 37.9 Å². The summed E-state index contributed by atoms with van der Waals surface area (Å²) in [5.41, 5.74) is 2.06. The van der Waals surface area contributed by atoms with Crippen LogP contribution >= 0.6 is 0 Å². The number of nitrogens with zero attached hydrogens (tertiary/aromatic N) is 5. The standard InChI is InChI=1S/C18H23N5O/c1-21-13-15(11-20-21)23-9-4-6-17(18(23)24)22-10-7-14(12-22)16-5-2-3-8-19-16/h2-3,5,8,11,13-14,17H,4,6-7,9-10,12H2,1H3. The van der Waals surface area contributed by atoms with Gasteiger partial charge in [0.1, 0.15) is 0 Å². The molecular formula is C18H23N5O. The molecule has 4 heterocycles. The van der Waals surface area contributed by atoms with E-state index in [1.807, 2.05) is 36.5 Å². The highest BCUT2D eigenvalue weighted by molar-refractivity contribution is 5.97. The third kappa shape index (κ3) is 2.82. The molecule has 0 aliphatic carbocycles. The smallest absolute Gasteiger partial charge is 0.244 e. The largest absolute Gasteiger partial charge is 0.308 e. The SMILES string of the molecule is Cn1cc(N2CCCC(N3CCC(c4ccccn4)C3)C2=O)cn1. The highest BCUT2D eigenvalue weighted by atomic mass is 16.2. The van der Waals surface area contributed by atoms with Gasteiger partial charge in [-0.1, -0.05) is 6.07 Å². The van der Waals surface area contributed by atoms with Gasteiger partial charge in [0.25, 0.3) is 0 Å². The topological polar surface area (TPSA) is 54.3 Å². The Balaban J connectivity index is 1.47. The van der Waals surface area contributed by atoms with Crippen molar-refractivity contribution < 1.29 is 4.79 Å². The number of piperidine rings is 1. The Morgan fingerprint density at radius 2 is 2.12 bits per heavy atom. The zero-order valence-corrected chi connectivity index (χ0v) is 14.0. The molecule has 2 aromatic rings. The number of hydrogen-bond acceptors (Lipinski definition) is 4. The lowest BCUT2D eigenvalue weighted by Crippen LogP contribution is -2.51. The molecule has 2 unspecified atom stereocenters. The predicted molar refractivity (Wildman–Crippen MR) is 91.8 cm³/mol. The molecule has 0 spiro atoms. The minimum absolute atomic E-state index is 0.00679. The molecule has 6 nitrogen and oxygen atoms in total. The van der Waals surface area contributed by atoms with Crippen LogP contribution in [0, 0.1) is 0 Å². The molecule has 2 aromatic heterocycles. The number of aromatic nitrogens is 3. The molecule has 0 aromatic carbocycles. The number of likely N-dealkylation sites (tertiary alicyclic amines) is 1. The summed E-state index contributed by atoms with van der Waals surface area (Å²) in [4.78, 5) is 21.7. The molecule has 2 fully saturated rings. The van der Waals surface area contributed by atoms with Gasteiger partial charge in [-0.25, -0.2) is 0 Å². The van der Waals surface area contributed by atoms with Crippen molar-refractivity contribution in [3.05, 3.63) is 42.5 Å². The first-order valence-corrected chi connectivity index (χ1v) is 8.67. The quantitative estimate of drug-likeness (QED) is 0.863. The van der Waals surface area contributed by atoms with Crippen molar-refractivity contribution in [3.63, 3.8) is 0 Å². The van der Waals surface area contributed by atoms with Crippen LogP contribution in [-0.2, 0) is 11.8 Å². The number of carbonyl (C=O) groups is 1. The molecular weight excluding hydrogens is 302 g/mol. The van der Waals surface area contributed by atoms with E-state index in [0.29, 0.717) is 5.92 Å². The highest BCUT2D eigenvalue weighted by Gasteiger charge is 2.38. The summed E-state index contributed by atoms with van der Waals surface area (Å²) >= 11 is 0. The van der Waals surface area contributed by atoms with Gasteiger partial charge in [0.05, 0.1) is 17.9 Å². The van der Waals surface area contributed by atoms with Crippen LogP contribution in [0.4, 0.5) is 5.69 Å². The second-order valence-corrected chi connectivity index (χ2v) is 6.76. The summed E-state index contributed by atoms with van der Waals surface area (Å²) in [5, 5.41) is 4.20. The third-order valence-electron chi connectivity index (χ3n) is 5.18. The fourth-order valence-corrected chi connectivity index (χ4v) is 3.93. The van der Waals surface area contributed by atoms with E-state index in [0.717, 1.165) is 50.3 Å². The average Bonchev–Trinajstić information content (AvgIpc) is 3.25. The first-order chi connectivity index (χ1) is 11.7. The van der Waals surface area contributed by atoms with Crippen LogP contribution < -0.4 is 4.90 Å². The van der Waals surface area contributed by atoms with Gasteiger partial charge in [0, 0.05) is 44.1 Å². The summed E-state index contributed by atoms with van der Waals surface area (Å²) in [6, 6.07) is 6.08. The van der Waals surface area contributed by atoms with Crippen LogP contribution in [0.2, 0.25) is 0 Å². The van der Waals surface area contributed by atoms with Gasteiger partial charge in [0.15, 0.2) is 0 Å². The molecule has 2 atom stereocenters. The second-order valence-electron chi connectivity index (χ2n) is 6.76. The van der Waals surface area contributed by atoms with E-state index in [1.54, 1.807) is 10.9 Å². The second kappa shape index (κ2) is 6.36. The van der Waals surface area contributed by atoms with E-state index in [4.69, 9.17) is 0 Å². The van der Waals surface area contributed by atoms with Crippen LogP contribution in [0.15, 0.2) is 36.8 Å².